The Labute approximate surface area is 148 Å². The Kier molecular flexibility index (Phi) is 10.2. The van der Waals surface area contributed by atoms with Crippen LogP contribution in [0, 0.1) is 40.5 Å². The lowest BCUT2D eigenvalue weighted by Crippen LogP contribution is -2.31. The van der Waals surface area contributed by atoms with Crippen molar-refractivity contribution >= 4 is 7.60 Å². The highest BCUT2D eigenvalue weighted by molar-refractivity contribution is 7.53. The van der Waals surface area contributed by atoms with E-state index in [1.54, 1.807) is 0 Å². The van der Waals surface area contributed by atoms with Gasteiger partial charge in [0.1, 0.15) is 38.6 Å². The number of hydrogen-bond acceptors (Lipinski definition) is 15. The predicted molar refractivity (Wildman–Crippen MR) is 75.1 cm³/mol. The largest absolute Gasteiger partial charge is 0.328 e. The minimum Gasteiger partial charge on any atom is -0.311 e. The number of nitrogens with zero attached hydrogens (tertiary/aromatic N) is 4. The summed E-state index contributed by atoms with van der Waals surface area (Å²) in [7, 11) is -4.25. The van der Waals surface area contributed by atoms with Crippen molar-refractivity contribution in [2.24, 2.45) is 0 Å². The zero-order valence-electron chi connectivity index (χ0n) is 13.3. The van der Waals surface area contributed by atoms with Gasteiger partial charge in [-0.2, -0.15) is 0 Å². The van der Waals surface area contributed by atoms with Crippen LogP contribution in [0.3, 0.4) is 0 Å². The van der Waals surface area contributed by atoms with Gasteiger partial charge in [0.05, 0.1) is 0 Å². The van der Waals surface area contributed by atoms with Crippen molar-refractivity contribution in [3.8, 4) is 0 Å². The molecule has 27 heavy (non-hydrogen) atoms. The van der Waals surface area contributed by atoms with E-state index < -0.39 is 66.6 Å². The summed E-state index contributed by atoms with van der Waals surface area (Å²) in [6.45, 7) is -2.98. The molecule has 0 rings (SSSR count). The van der Waals surface area contributed by atoms with E-state index in [0.29, 0.717) is 0 Å². The summed E-state index contributed by atoms with van der Waals surface area (Å²) in [5.41, 5.74) is 0. The van der Waals surface area contributed by atoms with Gasteiger partial charge in [0.15, 0.2) is 0 Å². The third-order valence-corrected chi connectivity index (χ3v) is 3.51. The van der Waals surface area contributed by atoms with Crippen LogP contribution in [0.4, 0.5) is 0 Å². The average Bonchev–Trinajstić information content (AvgIpc) is 2.51. The van der Waals surface area contributed by atoms with Crippen LogP contribution in [0.5, 0.6) is 0 Å². The molecule has 0 heterocycles. The molecule has 0 spiro atoms. The van der Waals surface area contributed by atoms with Gasteiger partial charge in [-0.3, -0.25) is 4.57 Å². The first-order valence-electron chi connectivity index (χ1n) is 6.44. The number of hydrogen-bond donors (Lipinski definition) is 0. The second-order valence-corrected chi connectivity index (χ2v) is 6.27. The second kappa shape index (κ2) is 11.5. The van der Waals surface area contributed by atoms with Crippen molar-refractivity contribution in [3.05, 3.63) is 40.5 Å². The predicted octanol–water partition coefficient (Wildman–Crippen LogP) is -0.587. The van der Waals surface area contributed by atoms with E-state index in [-0.39, 0.29) is 0 Å². The lowest BCUT2D eigenvalue weighted by molar-refractivity contribution is -0.768. The van der Waals surface area contributed by atoms with E-state index in [0.717, 1.165) is 6.66 Å². The topological polar surface area (TPSA) is 245 Å². The smallest absolute Gasteiger partial charge is 0.311 e. The molecule has 0 saturated carbocycles. The van der Waals surface area contributed by atoms with Gasteiger partial charge >= 0.3 is 7.60 Å². The van der Waals surface area contributed by atoms with E-state index in [4.69, 9.17) is 9.05 Å². The molecule has 0 N–H and O–H groups in total. The number of rotatable bonds is 16. The van der Waals surface area contributed by atoms with Gasteiger partial charge in [-0.15, -0.1) is 40.5 Å². The first kappa shape index (κ1) is 23.9. The summed E-state index contributed by atoms with van der Waals surface area (Å²) in [5.74, 6) is 0. The van der Waals surface area contributed by atoms with E-state index in [9.17, 15) is 45.0 Å². The molecule has 0 aromatic rings. The molecular formula is C7H13N4O15P. The molecular weight excluding hydrogens is 411 g/mol. The molecule has 20 heteroatoms. The average molecular weight is 424 g/mol. The van der Waals surface area contributed by atoms with E-state index >= 15 is 0 Å². The lowest BCUT2D eigenvalue weighted by atomic mass is 10.4. The summed E-state index contributed by atoms with van der Waals surface area (Å²) < 4.78 is 21.9. The maximum Gasteiger partial charge on any atom is 0.328 e. The molecule has 0 atom stereocenters. The van der Waals surface area contributed by atoms with Gasteiger partial charge < -0.3 is 28.4 Å². The van der Waals surface area contributed by atoms with Crippen LogP contribution >= 0.6 is 7.60 Å². The Balaban J connectivity index is 4.97. The molecule has 0 aromatic heterocycles. The SMILES string of the molecule is CP(=O)(OC(CO[N+](=O)[O-])CO[N+](=O)[O-])OC(CO[N+](=O)[O-])CO[N+](=O)[O-]. The maximum absolute atomic E-state index is 12.3. The highest BCUT2D eigenvalue weighted by Crippen LogP contribution is 2.46. The molecule has 0 saturated heterocycles. The van der Waals surface area contributed by atoms with Crippen LogP contribution in [-0.2, 0) is 33.0 Å². The standard InChI is InChI=1S/C7H13N4O15P/c1-27(20,25-6(2-21-8(12)13)3-22-9(14)15)26-7(4-23-10(16)17)5-24-11(18)19/h6-7H,2-5H2,1H3. The third-order valence-electron chi connectivity index (χ3n) is 2.14. The van der Waals surface area contributed by atoms with E-state index in [2.05, 4.69) is 19.4 Å². The van der Waals surface area contributed by atoms with Crippen LogP contribution in [0.25, 0.3) is 0 Å². The normalized spacial score (nSPS) is 11.1. The van der Waals surface area contributed by atoms with Crippen molar-refractivity contribution in [2.45, 2.75) is 12.2 Å². The zero-order valence-corrected chi connectivity index (χ0v) is 14.2. The van der Waals surface area contributed by atoms with Crippen LogP contribution in [0.2, 0.25) is 0 Å². The van der Waals surface area contributed by atoms with Gasteiger partial charge in [-0.25, -0.2) is 0 Å². The molecule has 0 aliphatic rings. The zero-order chi connectivity index (χ0) is 21.0. The molecule has 0 amide bonds. The first-order chi connectivity index (χ1) is 12.4. The summed E-state index contributed by atoms with van der Waals surface area (Å²) in [6.07, 6.45) is -3.27. The lowest BCUT2D eigenvalue weighted by Gasteiger charge is -2.24. The molecule has 0 fully saturated rings. The third kappa shape index (κ3) is 13.9. The van der Waals surface area contributed by atoms with Crippen LogP contribution in [0.15, 0.2) is 0 Å². The van der Waals surface area contributed by atoms with E-state index in [1.807, 2.05) is 0 Å². The van der Waals surface area contributed by atoms with Crippen molar-refractivity contribution in [3.63, 3.8) is 0 Å². The van der Waals surface area contributed by atoms with Gasteiger partial charge in [-0.05, 0) is 0 Å². The molecule has 19 nitrogen and oxygen atoms in total. The van der Waals surface area contributed by atoms with Crippen molar-refractivity contribution < 1.29 is 53.3 Å². The molecule has 0 bridgehead atoms. The Morgan fingerprint density at radius 2 is 0.889 bits per heavy atom. The van der Waals surface area contributed by atoms with Gasteiger partial charge in [-0.1, -0.05) is 0 Å². The van der Waals surface area contributed by atoms with Crippen LogP contribution in [-0.4, -0.2) is 65.6 Å². The van der Waals surface area contributed by atoms with Gasteiger partial charge in [0.2, 0.25) is 0 Å². The van der Waals surface area contributed by atoms with Crippen molar-refractivity contribution in [1.82, 2.24) is 0 Å². The Morgan fingerprint density at radius 1 is 0.667 bits per heavy atom. The van der Waals surface area contributed by atoms with Gasteiger partial charge in [0.25, 0.3) is 20.3 Å². The van der Waals surface area contributed by atoms with Crippen molar-refractivity contribution in [2.75, 3.05) is 33.1 Å². The Bertz CT molecular complexity index is 503. The van der Waals surface area contributed by atoms with E-state index in [1.165, 1.54) is 0 Å². The van der Waals surface area contributed by atoms with Gasteiger partial charge in [0, 0.05) is 6.66 Å². The maximum atomic E-state index is 12.3. The molecule has 0 aliphatic carbocycles. The molecule has 0 unspecified atom stereocenters. The van der Waals surface area contributed by atoms with Crippen LogP contribution < -0.4 is 0 Å². The van der Waals surface area contributed by atoms with Crippen molar-refractivity contribution in [1.29, 1.82) is 0 Å². The monoisotopic (exact) mass is 424 g/mol. The van der Waals surface area contributed by atoms with Crippen LogP contribution in [0.1, 0.15) is 0 Å². The summed E-state index contributed by atoms with van der Waals surface area (Å²) in [5, 5.41) is 35.7. The second-order valence-electron chi connectivity index (χ2n) is 4.30. The highest BCUT2D eigenvalue weighted by atomic mass is 31.2. The highest BCUT2D eigenvalue weighted by Gasteiger charge is 2.30. The Morgan fingerprint density at radius 3 is 1.07 bits per heavy atom. The Hall–Kier alpha value is -3.05. The first-order valence-corrected chi connectivity index (χ1v) is 8.43. The fourth-order valence-electron chi connectivity index (χ4n) is 1.36. The quantitative estimate of drug-likeness (QED) is 0.171. The molecule has 156 valence electrons. The molecule has 0 aliphatic heterocycles. The molecule has 0 aromatic carbocycles. The minimum absolute atomic E-state index is 0.781. The summed E-state index contributed by atoms with van der Waals surface area (Å²) in [4.78, 5) is 56.4. The summed E-state index contributed by atoms with van der Waals surface area (Å²) in [6, 6.07) is 0. The molecule has 0 radical (unpaired) electrons. The minimum atomic E-state index is -4.25. The fraction of sp³-hybridized carbons (Fsp3) is 1.00. The summed E-state index contributed by atoms with van der Waals surface area (Å²) >= 11 is 0. The fourth-order valence-corrected chi connectivity index (χ4v) is 2.74.